The molecule has 1 heterocycles. The van der Waals surface area contributed by atoms with Gasteiger partial charge in [0.2, 0.25) is 5.91 Å². The van der Waals surface area contributed by atoms with Gasteiger partial charge < -0.3 is 5.32 Å². The number of carbonyl (C=O) groups excluding carboxylic acids is 1. The van der Waals surface area contributed by atoms with E-state index in [1.807, 2.05) is 12.1 Å². The average molecular weight is 325 g/mol. The maximum atomic E-state index is 12.1. The van der Waals surface area contributed by atoms with Gasteiger partial charge in [0, 0.05) is 31.2 Å². The van der Waals surface area contributed by atoms with Crippen molar-refractivity contribution in [2.45, 2.75) is 19.3 Å². The Morgan fingerprint density at radius 3 is 2.73 bits per heavy atom. The zero-order chi connectivity index (χ0) is 15.8. The van der Waals surface area contributed by atoms with Gasteiger partial charge in [-0.2, -0.15) is 0 Å². The first-order valence-corrected chi connectivity index (χ1v) is 8.02. The number of nitrogens with zero attached hydrogens (tertiary/aromatic N) is 1. The maximum absolute atomic E-state index is 12.1. The highest BCUT2D eigenvalue weighted by Crippen LogP contribution is 2.11. The van der Waals surface area contributed by atoms with Crippen LogP contribution in [0.3, 0.4) is 0 Å². The molecule has 0 fully saturated rings. The van der Waals surface area contributed by atoms with Crippen LogP contribution in [-0.2, 0) is 11.2 Å². The summed E-state index contributed by atoms with van der Waals surface area (Å²) in [7, 11) is 0. The zero-order valence-corrected chi connectivity index (χ0v) is 13.4. The van der Waals surface area contributed by atoms with Gasteiger partial charge in [0.25, 0.3) is 0 Å². The summed E-state index contributed by atoms with van der Waals surface area (Å²) < 4.78 is 12.1. The summed E-state index contributed by atoms with van der Waals surface area (Å²) in [5, 5.41) is 3.63. The number of carbonyl (C=O) groups is 1. The predicted molar refractivity (Wildman–Crippen MR) is 87.9 cm³/mol. The molecule has 0 saturated heterocycles. The van der Waals surface area contributed by atoms with Crippen molar-refractivity contribution in [1.29, 1.82) is 0 Å². The lowest BCUT2D eigenvalue weighted by Crippen LogP contribution is -2.33. The molecule has 0 unspecified atom stereocenters. The van der Waals surface area contributed by atoms with Gasteiger partial charge in [0.1, 0.15) is 0 Å². The molecule has 1 amide bonds. The Balaban J connectivity index is 1.70. The first-order chi connectivity index (χ1) is 10.7. The van der Waals surface area contributed by atoms with Gasteiger partial charge >= 0.3 is 0 Å². The molecule has 2 rings (SSSR count). The number of halogens is 2. The molecule has 0 spiro atoms. The van der Waals surface area contributed by atoms with Crippen LogP contribution in [0.15, 0.2) is 35.9 Å². The van der Waals surface area contributed by atoms with Gasteiger partial charge in [0.15, 0.2) is 0 Å². The third-order valence-corrected chi connectivity index (χ3v) is 4.04. The molecule has 1 aliphatic rings. The number of rotatable bonds is 7. The molecule has 120 valence electrons. The molecule has 1 aliphatic heterocycles. The quantitative estimate of drug-likeness (QED) is 0.782. The van der Waals surface area contributed by atoms with Crippen LogP contribution in [0.5, 0.6) is 0 Å². The highest BCUT2D eigenvalue weighted by atomic mass is 35.5. The van der Waals surface area contributed by atoms with Crippen molar-refractivity contribution in [2.75, 3.05) is 32.9 Å². The van der Waals surface area contributed by atoms with E-state index in [0.717, 1.165) is 31.6 Å². The van der Waals surface area contributed by atoms with Crippen LogP contribution in [0.4, 0.5) is 4.39 Å². The van der Waals surface area contributed by atoms with E-state index < -0.39 is 0 Å². The molecule has 1 aromatic carbocycles. The van der Waals surface area contributed by atoms with E-state index in [4.69, 9.17) is 11.6 Å². The highest BCUT2D eigenvalue weighted by molar-refractivity contribution is 6.30. The summed E-state index contributed by atoms with van der Waals surface area (Å²) >= 11 is 5.82. The fourth-order valence-corrected chi connectivity index (χ4v) is 2.59. The van der Waals surface area contributed by atoms with Gasteiger partial charge in [-0.1, -0.05) is 35.4 Å². The van der Waals surface area contributed by atoms with Crippen LogP contribution in [0.2, 0.25) is 5.02 Å². The van der Waals surface area contributed by atoms with E-state index in [1.54, 1.807) is 12.1 Å². The number of hydrogen-bond acceptors (Lipinski definition) is 2. The minimum absolute atomic E-state index is 0.0167. The fourth-order valence-electron chi connectivity index (χ4n) is 2.46. The highest BCUT2D eigenvalue weighted by Gasteiger charge is 2.12. The molecule has 0 atom stereocenters. The average Bonchev–Trinajstić information content (AvgIpc) is 2.54. The van der Waals surface area contributed by atoms with Gasteiger partial charge in [-0.15, -0.1) is 0 Å². The molecule has 5 heteroatoms. The summed E-state index contributed by atoms with van der Waals surface area (Å²) in [6, 6.07) is 7.31. The third-order valence-electron chi connectivity index (χ3n) is 3.79. The smallest absolute Gasteiger partial charge is 0.224 e. The number of hydrogen-bond donors (Lipinski definition) is 1. The van der Waals surface area contributed by atoms with E-state index in [2.05, 4.69) is 16.3 Å². The van der Waals surface area contributed by atoms with Gasteiger partial charge in [0.05, 0.1) is 13.1 Å². The topological polar surface area (TPSA) is 32.3 Å². The fraction of sp³-hybridized carbons (Fsp3) is 0.471. The van der Waals surface area contributed by atoms with Crippen molar-refractivity contribution < 1.29 is 9.18 Å². The van der Waals surface area contributed by atoms with Crippen molar-refractivity contribution in [3.63, 3.8) is 0 Å². The molecule has 0 aromatic heterocycles. The second kappa shape index (κ2) is 8.91. The van der Waals surface area contributed by atoms with Crippen LogP contribution in [-0.4, -0.2) is 43.7 Å². The van der Waals surface area contributed by atoms with Gasteiger partial charge in [-0.05, 0) is 30.5 Å². The number of alkyl halides is 1. The first kappa shape index (κ1) is 17.0. The van der Waals surface area contributed by atoms with Crippen LogP contribution in [0.1, 0.15) is 18.4 Å². The summed E-state index contributed by atoms with van der Waals surface area (Å²) in [4.78, 5) is 14.2. The summed E-state index contributed by atoms with van der Waals surface area (Å²) in [5.74, 6) is 0.0167. The SMILES string of the molecule is O=C(Cc1ccc(Cl)cc1)NCC1=CCN(CCCF)CC1. The maximum Gasteiger partial charge on any atom is 0.224 e. The Kier molecular flexibility index (Phi) is 6.87. The molecule has 0 radical (unpaired) electrons. The minimum Gasteiger partial charge on any atom is -0.352 e. The van der Waals surface area contributed by atoms with Crippen LogP contribution < -0.4 is 5.32 Å². The van der Waals surface area contributed by atoms with E-state index in [0.29, 0.717) is 24.4 Å². The van der Waals surface area contributed by atoms with Gasteiger partial charge in [-0.3, -0.25) is 14.1 Å². The second-order valence-corrected chi connectivity index (χ2v) is 5.97. The normalized spacial score (nSPS) is 15.5. The number of benzene rings is 1. The van der Waals surface area contributed by atoms with Crippen molar-refractivity contribution in [3.8, 4) is 0 Å². The zero-order valence-electron chi connectivity index (χ0n) is 12.7. The molecular formula is C17H22ClFN2O. The molecule has 1 N–H and O–H groups in total. The summed E-state index contributed by atoms with van der Waals surface area (Å²) in [6.07, 6.45) is 4.05. The largest absolute Gasteiger partial charge is 0.352 e. The van der Waals surface area contributed by atoms with E-state index in [9.17, 15) is 9.18 Å². The van der Waals surface area contributed by atoms with Crippen molar-refractivity contribution >= 4 is 17.5 Å². The number of amides is 1. The van der Waals surface area contributed by atoms with Crippen molar-refractivity contribution in [1.82, 2.24) is 10.2 Å². The molecule has 0 bridgehead atoms. The van der Waals surface area contributed by atoms with E-state index >= 15 is 0 Å². The van der Waals surface area contributed by atoms with Crippen LogP contribution >= 0.6 is 11.6 Å². The molecule has 0 aliphatic carbocycles. The van der Waals surface area contributed by atoms with Crippen molar-refractivity contribution in [2.24, 2.45) is 0 Å². The van der Waals surface area contributed by atoms with Gasteiger partial charge in [-0.25, -0.2) is 0 Å². The monoisotopic (exact) mass is 324 g/mol. The van der Waals surface area contributed by atoms with Crippen molar-refractivity contribution in [3.05, 3.63) is 46.5 Å². The predicted octanol–water partition coefficient (Wildman–Crippen LogP) is 2.99. The summed E-state index contributed by atoms with van der Waals surface area (Å²) in [6.45, 7) is 2.95. The molecule has 1 aromatic rings. The minimum atomic E-state index is -0.256. The standard InChI is InChI=1S/C17H22ClFN2O/c18-16-4-2-14(3-5-16)12-17(22)20-13-15-6-10-21(11-7-15)9-1-8-19/h2-6H,1,7-13H2,(H,20,22). The number of nitrogens with one attached hydrogen (secondary N) is 1. The van der Waals surface area contributed by atoms with Crippen LogP contribution in [0, 0.1) is 0 Å². The van der Waals surface area contributed by atoms with E-state index in [1.165, 1.54) is 5.57 Å². The second-order valence-electron chi connectivity index (χ2n) is 5.54. The lowest BCUT2D eigenvalue weighted by atomic mass is 10.1. The Labute approximate surface area is 136 Å². The Bertz CT molecular complexity index is 516. The molecule has 22 heavy (non-hydrogen) atoms. The summed E-state index contributed by atoms with van der Waals surface area (Å²) in [5.41, 5.74) is 2.21. The molecule has 3 nitrogen and oxygen atoms in total. The van der Waals surface area contributed by atoms with E-state index in [-0.39, 0.29) is 12.6 Å². The Morgan fingerprint density at radius 1 is 1.32 bits per heavy atom. The Hall–Kier alpha value is -1.39. The molecular weight excluding hydrogens is 303 g/mol. The third kappa shape index (κ3) is 5.78. The molecule has 0 saturated carbocycles. The lowest BCUT2D eigenvalue weighted by molar-refractivity contribution is -0.120. The Morgan fingerprint density at radius 2 is 2.09 bits per heavy atom. The first-order valence-electron chi connectivity index (χ1n) is 7.65. The lowest BCUT2D eigenvalue weighted by Gasteiger charge is -2.26. The van der Waals surface area contributed by atoms with Crippen LogP contribution in [0.25, 0.3) is 0 Å².